The van der Waals surface area contributed by atoms with Crippen LogP contribution in [-0.4, -0.2) is 39.5 Å². The van der Waals surface area contributed by atoms with Crippen molar-refractivity contribution in [3.63, 3.8) is 0 Å². The first-order valence-electron chi connectivity index (χ1n) is 6.50. The van der Waals surface area contributed by atoms with Gasteiger partial charge in [0.2, 0.25) is 0 Å². The van der Waals surface area contributed by atoms with Gasteiger partial charge in [0.1, 0.15) is 12.4 Å². The predicted molar refractivity (Wildman–Crippen MR) is 80.5 cm³/mol. The average Bonchev–Trinajstić information content (AvgIpc) is 2.51. The Morgan fingerprint density at radius 1 is 1.18 bits per heavy atom. The minimum absolute atomic E-state index is 0.0207. The highest BCUT2D eigenvalue weighted by molar-refractivity contribution is 6.31. The molecule has 0 unspecified atom stereocenters. The van der Waals surface area contributed by atoms with Crippen LogP contribution < -0.4 is 4.90 Å². The Labute approximate surface area is 133 Å². The summed E-state index contributed by atoms with van der Waals surface area (Å²) in [6.45, 7) is 1.96. The molecule has 0 fully saturated rings. The lowest BCUT2D eigenvalue weighted by molar-refractivity contribution is -0.140. The van der Waals surface area contributed by atoms with E-state index in [-0.39, 0.29) is 24.6 Å². The number of carbonyl (C=O) groups is 2. The fourth-order valence-electron chi connectivity index (χ4n) is 2.22. The number of esters is 2. The van der Waals surface area contributed by atoms with E-state index in [0.29, 0.717) is 10.7 Å². The van der Waals surface area contributed by atoms with Gasteiger partial charge < -0.3 is 19.1 Å². The molecule has 0 bridgehead atoms. The van der Waals surface area contributed by atoms with Crippen LogP contribution in [0.5, 0.6) is 0 Å². The number of halogens is 1. The van der Waals surface area contributed by atoms with Crippen LogP contribution in [0.4, 0.5) is 5.69 Å². The van der Waals surface area contributed by atoms with E-state index in [0.717, 1.165) is 5.56 Å². The lowest BCUT2D eigenvalue weighted by atomic mass is 10.1. The Balaban J connectivity index is 2.57. The summed E-state index contributed by atoms with van der Waals surface area (Å²) in [7, 11) is 2.49. The van der Waals surface area contributed by atoms with Gasteiger partial charge in [-0.2, -0.15) is 0 Å². The molecule has 1 aromatic rings. The first-order valence-corrected chi connectivity index (χ1v) is 6.88. The van der Waals surface area contributed by atoms with Crippen LogP contribution in [0.2, 0.25) is 5.02 Å². The minimum Gasteiger partial charge on any atom is -0.466 e. The third-order valence-electron chi connectivity index (χ3n) is 3.17. The summed E-state index contributed by atoms with van der Waals surface area (Å²) in [5, 5.41) is 0.518. The van der Waals surface area contributed by atoms with Crippen molar-refractivity contribution in [3.8, 4) is 0 Å². The molecule has 0 atom stereocenters. The molecular formula is C15H16ClNO5. The summed E-state index contributed by atoms with van der Waals surface area (Å²) in [4.78, 5) is 25.6. The third kappa shape index (κ3) is 3.23. The van der Waals surface area contributed by atoms with Crippen LogP contribution in [0.1, 0.15) is 5.56 Å². The Hall–Kier alpha value is -2.05. The van der Waals surface area contributed by atoms with Crippen molar-refractivity contribution >= 4 is 29.2 Å². The number of aryl methyl sites for hydroxylation is 1. The molecule has 7 heteroatoms. The lowest BCUT2D eigenvalue weighted by Gasteiger charge is -2.31. The van der Waals surface area contributed by atoms with E-state index >= 15 is 0 Å². The lowest BCUT2D eigenvalue weighted by Crippen LogP contribution is -2.38. The van der Waals surface area contributed by atoms with Crippen molar-refractivity contribution < 1.29 is 23.8 Å². The third-order valence-corrected chi connectivity index (χ3v) is 3.39. The number of benzene rings is 1. The number of hydrogen-bond donors (Lipinski definition) is 0. The summed E-state index contributed by atoms with van der Waals surface area (Å²) >= 11 is 6.07. The van der Waals surface area contributed by atoms with Crippen LogP contribution in [0.3, 0.4) is 0 Å². The molecule has 1 heterocycles. The summed E-state index contributed by atoms with van der Waals surface area (Å²) in [5.74, 6) is -1.27. The highest BCUT2D eigenvalue weighted by atomic mass is 35.5. The predicted octanol–water partition coefficient (Wildman–Crippen LogP) is 2.04. The SMILES string of the molecule is COC(=O)C1=C(C(=O)OC)N(c2cc(C)cc(Cl)c2)COC1. The number of rotatable bonds is 3. The van der Waals surface area contributed by atoms with Gasteiger partial charge in [-0.3, -0.25) is 0 Å². The molecule has 0 N–H and O–H groups in total. The van der Waals surface area contributed by atoms with Gasteiger partial charge in [0.05, 0.1) is 26.4 Å². The van der Waals surface area contributed by atoms with Crippen LogP contribution >= 0.6 is 11.6 Å². The zero-order chi connectivity index (χ0) is 16.3. The monoisotopic (exact) mass is 325 g/mol. The van der Waals surface area contributed by atoms with E-state index in [2.05, 4.69) is 0 Å². The average molecular weight is 326 g/mol. The molecule has 118 valence electrons. The Morgan fingerprint density at radius 2 is 1.86 bits per heavy atom. The maximum atomic E-state index is 12.1. The van der Waals surface area contributed by atoms with Crippen LogP contribution in [0, 0.1) is 6.92 Å². The summed E-state index contributed by atoms with van der Waals surface area (Å²) in [6.07, 6.45) is 0. The van der Waals surface area contributed by atoms with Crippen molar-refractivity contribution in [1.29, 1.82) is 0 Å². The van der Waals surface area contributed by atoms with Gasteiger partial charge in [0, 0.05) is 10.7 Å². The van der Waals surface area contributed by atoms with Gasteiger partial charge in [-0.15, -0.1) is 0 Å². The van der Waals surface area contributed by atoms with Gasteiger partial charge in [0.15, 0.2) is 0 Å². The number of hydrogen-bond acceptors (Lipinski definition) is 6. The molecule has 1 aromatic carbocycles. The fraction of sp³-hybridized carbons (Fsp3) is 0.333. The van der Waals surface area contributed by atoms with E-state index in [1.165, 1.54) is 14.2 Å². The molecule has 1 aliphatic rings. The second kappa shape index (κ2) is 6.81. The molecule has 0 saturated carbocycles. The maximum absolute atomic E-state index is 12.1. The molecule has 22 heavy (non-hydrogen) atoms. The maximum Gasteiger partial charge on any atom is 0.355 e. The highest BCUT2D eigenvalue weighted by Gasteiger charge is 2.32. The van der Waals surface area contributed by atoms with Crippen molar-refractivity contribution in [1.82, 2.24) is 0 Å². The Kier molecular flexibility index (Phi) is 5.05. The van der Waals surface area contributed by atoms with Crippen LogP contribution in [-0.2, 0) is 23.8 Å². The molecule has 6 nitrogen and oxygen atoms in total. The van der Waals surface area contributed by atoms with Crippen LogP contribution in [0.25, 0.3) is 0 Å². The van der Waals surface area contributed by atoms with Crippen molar-refractivity contribution in [2.24, 2.45) is 0 Å². The molecule has 2 rings (SSSR count). The largest absolute Gasteiger partial charge is 0.466 e. The normalized spacial score (nSPS) is 14.8. The first kappa shape index (κ1) is 16.3. The first-order chi connectivity index (χ1) is 10.5. The van der Waals surface area contributed by atoms with Gasteiger partial charge in [0.25, 0.3) is 0 Å². The van der Waals surface area contributed by atoms with E-state index in [1.54, 1.807) is 17.0 Å². The molecule has 0 aromatic heterocycles. The van der Waals surface area contributed by atoms with Gasteiger partial charge in [-0.05, 0) is 30.7 Å². The van der Waals surface area contributed by atoms with Gasteiger partial charge >= 0.3 is 11.9 Å². The standard InChI is InChI=1S/C15H16ClNO5/c1-9-4-10(16)6-11(5-9)17-8-22-7-12(14(18)20-2)13(17)15(19)21-3/h4-6H,7-8H2,1-3H3. The fourth-order valence-corrected chi connectivity index (χ4v) is 2.50. The highest BCUT2D eigenvalue weighted by Crippen LogP contribution is 2.29. The van der Waals surface area contributed by atoms with Crippen LogP contribution in [0.15, 0.2) is 29.5 Å². The van der Waals surface area contributed by atoms with E-state index in [9.17, 15) is 9.59 Å². The zero-order valence-corrected chi connectivity index (χ0v) is 13.3. The summed E-state index contributed by atoms with van der Waals surface area (Å²) in [5.41, 5.74) is 1.75. The van der Waals surface area contributed by atoms with Gasteiger partial charge in [-0.1, -0.05) is 11.6 Å². The number of carbonyl (C=O) groups excluding carboxylic acids is 2. The molecule has 0 saturated heterocycles. The zero-order valence-electron chi connectivity index (χ0n) is 12.5. The summed E-state index contributed by atoms with van der Waals surface area (Å²) < 4.78 is 14.9. The second-order valence-electron chi connectivity index (χ2n) is 4.70. The van der Waals surface area contributed by atoms with E-state index in [1.807, 2.05) is 13.0 Å². The molecule has 0 aliphatic carbocycles. The number of anilines is 1. The van der Waals surface area contributed by atoms with Crippen molar-refractivity contribution in [2.45, 2.75) is 6.92 Å². The smallest absolute Gasteiger partial charge is 0.355 e. The quantitative estimate of drug-likeness (QED) is 0.792. The molecule has 0 amide bonds. The number of ether oxygens (including phenoxy) is 3. The minimum atomic E-state index is -0.638. The second-order valence-corrected chi connectivity index (χ2v) is 5.14. The van der Waals surface area contributed by atoms with Crippen molar-refractivity contribution in [3.05, 3.63) is 40.1 Å². The molecule has 0 radical (unpaired) electrons. The topological polar surface area (TPSA) is 65.1 Å². The van der Waals surface area contributed by atoms with E-state index < -0.39 is 11.9 Å². The van der Waals surface area contributed by atoms with Gasteiger partial charge in [-0.25, -0.2) is 9.59 Å². The van der Waals surface area contributed by atoms with E-state index in [4.69, 9.17) is 25.8 Å². The Bertz CT molecular complexity index is 621. The number of nitrogens with zero attached hydrogens (tertiary/aromatic N) is 1. The number of methoxy groups -OCH3 is 2. The molecular weight excluding hydrogens is 310 g/mol. The molecule has 0 spiro atoms. The Morgan fingerprint density at radius 3 is 2.45 bits per heavy atom. The van der Waals surface area contributed by atoms with Crippen molar-refractivity contribution in [2.75, 3.05) is 32.5 Å². The summed E-state index contributed by atoms with van der Waals surface area (Å²) in [6, 6.07) is 5.30. The molecule has 1 aliphatic heterocycles.